The van der Waals surface area contributed by atoms with Gasteiger partial charge in [-0.05, 0) is 19.1 Å². The Hall–Kier alpha value is -1.56. The number of alkyl halides is 4. The molecule has 2 rings (SSSR count). The molecule has 0 saturated carbocycles. The summed E-state index contributed by atoms with van der Waals surface area (Å²) < 4.78 is 56.7. The van der Waals surface area contributed by atoms with E-state index in [2.05, 4.69) is 4.98 Å². The lowest BCUT2D eigenvalue weighted by Gasteiger charge is -2.09. The first-order valence-electron chi connectivity index (χ1n) is 5.26. The summed E-state index contributed by atoms with van der Waals surface area (Å²) in [5, 5.41) is -0.553. The minimum absolute atomic E-state index is 0.0916. The third-order valence-electron chi connectivity index (χ3n) is 2.43. The van der Waals surface area contributed by atoms with Crippen molar-refractivity contribution in [3.05, 3.63) is 41.7 Å². The van der Waals surface area contributed by atoms with Gasteiger partial charge in [0, 0.05) is 0 Å². The summed E-state index contributed by atoms with van der Waals surface area (Å²) in [6.07, 6.45) is -3.62. The van der Waals surface area contributed by atoms with Gasteiger partial charge in [0.05, 0.1) is 17.3 Å². The number of aromatic nitrogens is 1. The topological polar surface area (TPSA) is 26.0 Å². The van der Waals surface area contributed by atoms with Crippen molar-refractivity contribution in [2.75, 3.05) is 0 Å². The quantitative estimate of drug-likeness (QED) is 0.587. The maximum atomic E-state index is 13.8. The standard InChI is InChI=1S/C12H8ClF4NO/c1-6(13)11-18-5-9(19-11)7-3-2-4-8(10(7)14)12(15,16)17/h2-6H,1H3. The predicted octanol–water partition coefficient (Wildman–Crippen LogP) is 4.80. The van der Waals surface area contributed by atoms with Gasteiger partial charge in [-0.3, -0.25) is 0 Å². The molecule has 7 heteroatoms. The fourth-order valence-electron chi connectivity index (χ4n) is 1.54. The SMILES string of the molecule is CC(Cl)c1ncc(-c2cccc(C(F)(F)F)c2F)o1. The number of rotatable bonds is 2. The Morgan fingerprint density at radius 3 is 2.53 bits per heavy atom. The van der Waals surface area contributed by atoms with E-state index < -0.39 is 22.9 Å². The van der Waals surface area contributed by atoms with Crippen LogP contribution in [0.2, 0.25) is 0 Å². The molecule has 0 radical (unpaired) electrons. The molecule has 0 fully saturated rings. The lowest BCUT2D eigenvalue weighted by atomic mass is 10.1. The summed E-state index contributed by atoms with van der Waals surface area (Å²) in [5.74, 6) is -1.36. The fourth-order valence-corrected chi connectivity index (χ4v) is 1.64. The van der Waals surface area contributed by atoms with Crippen LogP contribution in [0.5, 0.6) is 0 Å². The van der Waals surface area contributed by atoms with E-state index in [0.29, 0.717) is 6.07 Å². The van der Waals surface area contributed by atoms with Crippen LogP contribution in [0.15, 0.2) is 28.8 Å². The molecule has 19 heavy (non-hydrogen) atoms. The van der Waals surface area contributed by atoms with Crippen molar-refractivity contribution in [1.29, 1.82) is 0 Å². The molecular weight excluding hydrogens is 286 g/mol. The summed E-state index contributed by atoms with van der Waals surface area (Å²) in [6, 6.07) is 2.96. The molecular formula is C12H8ClF4NO. The third-order valence-corrected chi connectivity index (χ3v) is 2.62. The second kappa shape index (κ2) is 4.85. The largest absolute Gasteiger partial charge is 0.439 e. The van der Waals surface area contributed by atoms with Crippen LogP contribution in [0, 0.1) is 5.82 Å². The summed E-state index contributed by atoms with van der Waals surface area (Å²) >= 11 is 5.72. The zero-order valence-electron chi connectivity index (χ0n) is 9.63. The van der Waals surface area contributed by atoms with Crippen molar-refractivity contribution >= 4 is 11.6 Å². The van der Waals surface area contributed by atoms with E-state index in [1.165, 1.54) is 6.07 Å². The molecule has 102 valence electrons. The van der Waals surface area contributed by atoms with Gasteiger partial charge >= 0.3 is 6.18 Å². The van der Waals surface area contributed by atoms with E-state index in [0.717, 1.165) is 12.3 Å². The molecule has 0 aliphatic heterocycles. The number of hydrogen-bond acceptors (Lipinski definition) is 2. The van der Waals surface area contributed by atoms with Crippen molar-refractivity contribution in [3.63, 3.8) is 0 Å². The summed E-state index contributed by atoms with van der Waals surface area (Å²) in [6.45, 7) is 1.58. The van der Waals surface area contributed by atoms with Crippen molar-refractivity contribution in [1.82, 2.24) is 4.98 Å². The van der Waals surface area contributed by atoms with Gasteiger partial charge in [0.15, 0.2) is 5.76 Å². The Morgan fingerprint density at radius 1 is 1.32 bits per heavy atom. The summed E-state index contributed by atoms with van der Waals surface area (Å²) in [4.78, 5) is 3.78. The molecule has 1 aromatic heterocycles. The second-order valence-corrected chi connectivity index (χ2v) is 4.50. The number of halogens is 5. The maximum absolute atomic E-state index is 13.8. The average Bonchev–Trinajstić information content (AvgIpc) is 2.77. The Kier molecular flexibility index (Phi) is 3.54. The molecule has 1 atom stereocenters. The highest BCUT2D eigenvalue weighted by Crippen LogP contribution is 2.36. The van der Waals surface area contributed by atoms with Gasteiger partial charge in [0.25, 0.3) is 0 Å². The molecule has 0 spiro atoms. The Bertz CT molecular complexity index is 592. The van der Waals surface area contributed by atoms with Crippen molar-refractivity contribution in [2.24, 2.45) is 0 Å². The number of benzene rings is 1. The van der Waals surface area contributed by atoms with Gasteiger partial charge < -0.3 is 4.42 Å². The lowest BCUT2D eigenvalue weighted by molar-refractivity contribution is -0.139. The first-order valence-corrected chi connectivity index (χ1v) is 5.70. The minimum Gasteiger partial charge on any atom is -0.439 e. The Labute approximate surface area is 111 Å². The van der Waals surface area contributed by atoms with Crippen LogP contribution in [0.3, 0.4) is 0 Å². The molecule has 1 unspecified atom stereocenters. The van der Waals surface area contributed by atoms with Gasteiger partial charge in [-0.2, -0.15) is 13.2 Å². The average molecular weight is 294 g/mol. The smallest absolute Gasteiger partial charge is 0.419 e. The van der Waals surface area contributed by atoms with E-state index in [9.17, 15) is 17.6 Å². The summed E-state index contributed by atoms with van der Waals surface area (Å²) in [7, 11) is 0. The van der Waals surface area contributed by atoms with Crippen LogP contribution in [0.25, 0.3) is 11.3 Å². The highest BCUT2D eigenvalue weighted by atomic mass is 35.5. The first-order chi connectivity index (χ1) is 8.80. The summed E-state index contributed by atoms with van der Waals surface area (Å²) in [5.41, 5.74) is -1.65. The molecule has 2 aromatic rings. The third kappa shape index (κ3) is 2.73. The molecule has 0 amide bonds. The van der Waals surface area contributed by atoms with Gasteiger partial charge in [-0.1, -0.05) is 6.07 Å². The molecule has 0 saturated heterocycles. The molecule has 2 nitrogen and oxygen atoms in total. The van der Waals surface area contributed by atoms with Crippen LogP contribution in [0.4, 0.5) is 17.6 Å². The van der Waals surface area contributed by atoms with Gasteiger partial charge in [0.1, 0.15) is 11.2 Å². The van der Waals surface area contributed by atoms with Crippen LogP contribution < -0.4 is 0 Å². The van der Waals surface area contributed by atoms with Crippen molar-refractivity contribution in [2.45, 2.75) is 18.5 Å². The fraction of sp³-hybridized carbons (Fsp3) is 0.250. The van der Waals surface area contributed by atoms with Crippen molar-refractivity contribution < 1.29 is 22.0 Å². The molecule has 0 bridgehead atoms. The van der Waals surface area contributed by atoms with E-state index in [-0.39, 0.29) is 17.2 Å². The maximum Gasteiger partial charge on any atom is 0.419 e. The predicted molar refractivity (Wildman–Crippen MR) is 61.2 cm³/mol. The van der Waals surface area contributed by atoms with Crippen LogP contribution in [-0.2, 0) is 6.18 Å². The molecule has 1 heterocycles. The van der Waals surface area contributed by atoms with Gasteiger partial charge in [-0.25, -0.2) is 9.37 Å². The molecule has 1 aromatic carbocycles. The van der Waals surface area contributed by atoms with Crippen LogP contribution in [-0.4, -0.2) is 4.98 Å². The minimum atomic E-state index is -4.76. The number of hydrogen-bond donors (Lipinski definition) is 0. The van der Waals surface area contributed by atoms with E-state index in [4.69, 9.17) is 16.0 Å². The highest BCUT2D eigenvalue weighted by molar-refractivity contribution is 6.20. The normalized spacial score (nSPS) is 13.6. The van der Waals surface area contributed by atoms with Crippen LogP contribution in [0.1, 0.15) is 23.8 Å². The Morgan fingerprint density at radius 2 is 2.00 bits per heavy atom. The second-order valence-electron chi connectivity index (χ2n) is 3.84. The van der Waals surface area contributed by atoms with E-state index in [1.54, 1.807) is 6.92 Å². The van der Waals surface area contributed by atoms with E-state index in [1.807, 2.05) is 0 Å². The first kappa shape index (κ1) is 13.9. The zero-order valence-corrected chi connectivity index (χ0v) is 10.4. The monoisotopic (exact) mass is 293 g/mol. The molecule has 0 N–H and O–H groups in total. The molecule has 0 aliphatic rings. The highest BCUT2D eigenvalue weighted by Gasteiger charge is 2.35. The number of nitrogens with zero attached hydrogens (tertiary/aromatic N) is 1. The molecule has 0 aliphatic carbocycles. The van der Waals surface area contributed by atoms with Crippen molar-refractivity contribution in [3.8, 4) is 11.3 Å². The number of oxazole rings is 1. The van der Waals surface area contributed by atoms with E-state index >= 15 is 0 Å². The Balaban J connectivity index is 2.51. The van der Waals surface area contributed by atoms with Crippen LogP contribution >= 0.6 is 11.6 Å². The zero-order chi connectivity index (χ0) is 14.2. The van der Waals surface area contributed by atoms with Gasteiger partial charge in [0.2, 0.25) is 5.89 Å². The lowest BCUT2D eigenvalue weighted by Crippen LogP contribution is -2.08. The van der Waals surface area contributed by atoms with Gasteiger partial charge in [-0.15, -0.1) is 11.6 Å².